The SMILES string of the molecule is CCOC(=O)C(C#N)CCCCCC(=O)NCOC. The number of amides is 1. The van der Waals surface area contributed by atoms with Gasteiger partial charge in [0.05, 0.1) is 12.7 Å². The van der Waals surface area contributed by atoms with Gasteiger partial charge in [0.1, 0.15) is 12.6 Å². The molecule has 6 heteroatoms. The van der Waals surface area contributed by atoms with E-state index in [1.54, 1.807) is 6.92 Å². The highest BCUT2D eigenvalue weighted by Crippen LogP contribution is 2.12. The van der Waals surface area contributed by atoms with Crippen LogP contribution in [0.5, 0.6) is 0 Å². The minimum atomic E-state index is -0.692. The predicted octanol–water partition coefficient (Wildman–Crippen LogP) is 1.36. The van der Waals surface area contributed by atoms with E-state index in [9.17, 15) is 9.59 Å². The Kier molecular flexibility index (Phi) is 10.5. The van der Waals surface area contributed by atoms with E-state index in [1.807, 2.05) is 6.07 Å². The van der Waals surface area contributed by atoms with Crippen LogP contribution < -0.4 is 5.32 Å². The molecule has 1 atom stereocenters. The fourth-order valence-corrected chi connectivity index (χ4v) is 1.53. The fourth-order valence-electron chi connectivity index (χ4n) is 1.53. The minimum absolute atomic E-state index is 0.0518. The first-order valence-corrected chi connectivity index (χ1v) is 6.47. The average molecular weight is 270 g/mol. The molecule has 0 bridgehead atoms. The molecule has 108 valence electrons. The minimum Gasteiger partial charge on any atom is -0.465 e. The van der Waals surface area contributed by atoms with E-state index in [0.717, 1.165) is 19.3 Å². The third kappa shape index (κ3) is 9.03. The highest BCUT2D eigenvalue weighted by Gasteiger charge is 2.18. The van der Waals surface area contributed by atoms with Gasteiger partial charge in [-0.15, -0.1) is 0 Å². The smallest absolute Gasteiger partial charge is 0.323 e. The Hall–Kier alpha value is -1.61. The molecule has 0 aliphatic rings. The van der Waals surface area contributed by atoms with E-state index >= 15 is 0 Å². The zero-order valence-electron chi connectivity index (χ0n) is 11.6. The Bertz CT molecular complexity index is 312. The highest BCUT2D eigenvalue weighted by atomic mass is 16.5. The Morgan fingerprint density at radius 3 is 2.63 bits per heavy atom. The number of nitrogens with zero attached hydrogens (tertiary/aromatic N) is 1. The van der Waals surface area contributed by atoms with Gasteiger partial charge in [-0.3, -0.25) is 9.59 Å². The third-order valence-electron chi connectivity index (χ3n) is 2.54. The Morgan fingerprint density at radius 2 is 2.05 bits per heavy atom. The lowest BCUT2D eigenvalue weighted by atomic mass is 10.0. The van der Waals surface area contributed by atoms with Crippen molar-refractivity contribution >= 4 is 11.9 Å². The Labute approximate surface area is 114 Å². The van der Waals surface area contributed by atoms with Crippen LogP contribution in [0.25, 0.3) is 0 Å². The summed E-state index contributed by atoms with van der Waals surface area (Å²) in [7, 11) is 1.51. The van der Waals surface area contributed by atoms with Gasteiger partial charge in [-0.2, -0.15) is 5.26 Å². The van der Waals surface area contributed by atoms with E-state index in [-0.39, 0.29) is 19.2 Å². The summed E-state index contributed by atoms with van der Waals surface area (Å²) >= 11 is 0. The molecule has 0 radical (unpaired) electrons. The number of hydrogen-bond acceptors (Lipinski definition) is 5. The summed E-state index contributed by atoms with van der Waals surface area (Å²) in [5, 5.41) is 11.4. The average Bonchev–Trinajstić information content (AvgIpc) is 2.40. The first-order chi connectivity index (χ1) is 9.15. The predicted molar refractivity (Wildman–Crippen MR) is 68.8 cm³/mol. The van der Waals surface area contributed by atoms with Crippen LogP contribution >= 0.6 is 0 Å². The topological polar surface area (TPSA) is 88.4 Å². The van der Waals surface area contributed by atoms with E-state index in [1.165, 1.54) is 7.11 Å². The van der Waals surface area contributed by atoms with Crippen molar-refractivity contribution < 1.29 is 19.1 Å². The molecule has 1 unspecified atom stereocenters. The van der Waals surface area contributed by atoms with Gasteiger partial charge in [-0.05, 0) is 19.8 Å². The molecule has 19 heavy (non-hydrogen) atoms. The summed E-state index contributed by atoms with van der Waals surface area (Å²) < 4.78 is 9.51. The van der Waals surface area contributed by atoms with Gasteiger partial charge in [0.25, 0.3) is 0 Å². The van der Waals surface area contributed by atoms with E-state index in [2.05, 4.69) is 5.32 Å². The molecule has 0 aliphatic carbocycles. The van der Waals surface area contributed by atoms with Crippen molar-refractivity contribution in [1.82, 2.24) is 5.32 Å². The summed E-state index contributed by atoms with van der Waals surface area (Å²) in [6, 6.07) is 1.94. The molecule has 0 aromatic carbocycles. The number of unbranched alkanes of at least 4 members (excludes halogenated alkanes) is 2. The number of esters is 1. The van der Waals surface area contributed by atoms with Crippen LogP contribution in [0.3, 0.4) is 0 Å². The van der Waals surface area contributed by atoms with Gasteiger partial charge in [-0.25, -0.2) is 0 Å². The zero-order valence-corrected chi connectivity index (χ0v) is 11.6. The van der Waals surface area contributed by atoms with Gasteiger partial charge >= 0.3 is 5.97 Å². The van der Waals surface area contributed by atoms with E-state index in [4.69, 9.17) is 14.7 Å². The number of methoxy groups -OCH3 is 1. The number of carbonyl (C=O) groups is 2. The second-order valence-corrected chi connectivity index (χ2v) is 4.07. The van der Waals surface area contributed by atoms with Crippen molar-refractivity contribution in [2.24, 2.45) is 5.92 Å². The molecule has 0 aliphatic heterocycles. The van der Waals surface area contributed by atoms with Crippen LogP contribution in [0.1, 0.15) is 39.0 Å². The molecular formula is C13H22N2O4. The van der Waals surface area contributed by atoms with Gasteiger partial charge in [0, 0.05) is 13.5 Å². The van der Waals surface area contributed by atoms with Crippen molar-refractivity contribution in [2.45, 2.75) is 39.0 Å². The summed E-state index contributed by atoms with van der Waals surface area (Å²) in [6.07, 6.45) is 3.18. The summed E-state index contributed by atoms with van der Waals surface area (Å²) in [6.45, 7) is 2.22. The summed E-state index contributed by atoms with van der Waals surface area (Å²) in [5.41, 5.74) is 0. The zero-order chi connectivity index (χ0) is 14.5. The molecule has 0 saturated heterocycles. The second-order valence-electron chi connectivity index (χ2n) is 4.07. The normalized spacial score (nSPS) is 11.4. The van der Waals surface area contributed by atoms with E-state index < -0.39 is 11.9 Å². The van der Waals surface area contributed by atoms with Crippen LogP contribution in [0.4, 0.5) is 0 Å². The van der Waals surface area contributed by atoms with Gasteiger partial charge in [0.15, 0.2) is 0 Å². The van der Waals surface area contributed by atoms with Crippen LogP contribution in [-0.4, -0.2) is 32.3 Å². The molecule has 0 fully saturated rings. The molecule has 0 heterocycles. The highest BCUT2D eigenvalue weighted by molar-refractivity contribution is 5.75. The summed E-state index contributed by atoms with van der Waals surface area (Å²) in [4.78, 5) is 22.6. The molecule has 0 saturated carbocycles. The molecule has 1 N–H and O–H groups in total. The second kappa shape index (κ2) is 11.5. The van der Waals surface area contributed by atoms with Gasteiger partial charge in [-0.1, -0.05) is 12.8 Å². The van der Waals surface area contributed by atoms with Crippen molar-refractivity contribution in [3.63, 3.8) is 0 Å². The van der Waals surface area contributed by atoms with Crippen LogP contribution in [-0.2, 0) is 19.1 Å². The number of rotatable bonds is 10. The van der Waals surface area contributed by atoms with Crippen molar-refractivity contribution in [1.29, 1.82) is 5.26 Å². The Balaban J connectivity index is 3.64. The molecular weight excluding hydrogens is 248 g/mol. The standard InChI is InChI=1S/C13H22N2O4/c1-3-19-13(17)11(9-14)7-5-4-6-8-12(16)15-10-18-2/h11H,3-8,10H2,1-2H3,(H,15,16). The maximum atomic E-state index is 11.3. The lowest BCUT2D eigenvalue weighted by molar-refractivity contribution is -0.146. The van der Waals surface area contributed by atoms with E-state index in [0.29, 0.717) is 12.8 Å². The lowest BCUT2D eigenvalue weighted by Gasteiger charge is -2.08. The maximum Gasteiger partial charge on any atom is 0.323 e. The quantitative estimate of drug-likeness (QED) is 0.368. The molecule has 0 aromatic rings. The number of hydrogen-bond donors (Lipinski definition) is 1. The number of carbonyl (C=O) groups excluding carboxylic acids is 2. The van der Waals surface area contributed by atoms with Crippen molar-refractivity contribution in [3.8, 4) is 6.07 Å². The maximum absolute atomic E-state index is 11.3. The van der Waals surface area contributed by atoms with Gasteiger partial charge < -0.3 is 14.8 Å². The lowest BCUT2D eigenvalue weighted by Crippen LogP contribution is -2.24. The van der Waals surface area contributed by atoms with Crippen LogP contribution in [0, 0.1) is 17.2 Å². The number of nitriles is 1. The third-order valence-corrected chi connectivity index (χ3v) is 2.54. The molecule has 0 spiro atoms. The summed E-state index contributed by atoms with van der Waals surface area (Å²) in [5.74, 6) is -1.20. The largest absolute Gasteiger partial charge is 0.465 e. The Morgan fingerprint density at radius 1 is 1.32 bits per heavy atom. The number of ether oxygens (including phenoxy) is 2. The molecule has 1 amide bonds. The monoisotopic (exact) mass is 270 g/mol. The first-order valence-electron chi connectivity index (χ1n) is 6.47. The number of nitrogens with one attached hydrogen (secondary N) is 1. The molecule has 0 aromatic heterocycles. The van der Waals surface area contributed by atoms with Crippen molar-refractivity contribution in [2.75, 3.05) is 20.4 Å². The molecule has 6 nitrogen and oxygen atoms in total. The first kappa shape index (κ1) is 17.4. The fraction of sp³-hybridized carbons (Fsp3) is 0.769. The van der Waals surface area contributed by atoms with Crippen LogP contribution in [0.15, 0.2) is 0 Å². The van der Waals surface area contributed by atoms with Gasteiger partial charge in [0.2, 0.25) is 5.91 Å². The van der Waals surface area contributed by atoms with Crippen LogP contribution in [0.2, 0.25) is 0 Å². The van der Waals surface area contributed by atoms with Crippen molar-refractivity contribution in [3.05, 3.63) is 0 Å². The molecule has 0 rings (SSSR count).